The fourth-order valence-corrected chi connectivity index (χ4v) is 3.01. The highest BCUT2D eigenvalue weighted by molar-refractivity contribution is 5.60. The largest absolute Gasteiger partial charge is 0.330 e. The van der Waals surface area contributed by atoms with E-state index in [0.717, 1.165) is 30.1 Å². The first-order valence-corrected chi connectivity index (χ1v) is 7.44. The second kappa shape index (κ2) is 5.75. The van der Waals surface area contributed by atoms with Gasteiger partial charge in [0.15, 0.2) is 0 Å². The molecule has 0 amide bonds. The van der Waals surface area contributed by atoms with Gasteiger partial charge in [0.05, 0.1) is 17.9 Å². The highest BCUT2D eigenvalue weighted by Crippen LogP contribution is 2.40. The third-order valence-corrected chi connectivity index (χ3v) is 4.29. The Morgan fingerprint density at radius 1 is 1.40 bits per heavy atom. The van der Waals surface area contributed by atoms with Crippen LogP contribution in [0.1, 0.15) is 37.3 Å². The van der Waals surface area contributed by atoms with Gasteiger partial charge in [0.25, 0.3) is 0 Å². The van der Waals surface area contributed by atoms with E-state index >= 15 is 0 Å². The van der Waals surface area contributed by atoms with Crippen LogP contribution in [0.3, 0.4) is 0 Å². The minimum absolute atomic E-state index is 0.565. The van der Waals surface area contributed by atoms with Gasteiger partial charge in [0, 0.05) is 18.0 Å². The van der Waals surface area contributed by atoms with Crippen molar-refractivity contribution in [3.05, 3.63) is 36.3 Å². The highest BCUT2D eigenvalue weighted by Gasteiger charge is 2.30. The summed E-state index contributed by atoms with van der Waals surface area (Å²) in [6.45, 7) is 2.90. The normalized spacial score (nSPS) is 21.7. The minimum Gasteiger partial charge on any atom is -0.330 e. The molecule has 0 atom stereocenters. The second-order valence-corrected chi connectivity index (χ2v) is 5.80. The Balaban J connectivity index is 1.66. The van der Waals surface area contributed by atoms with Gasteiger partial charge in [-0.25, -0.2) is 0 Å². The van der Waals surface area contributed by atoms with Crippen molar-refractivity contribution in [1.29, 1.82) is 0 Å². The molecule has 1 saturated carbocycles. The summed E-state index contributed by atoms with van der Waals surface area (Å²) >= 11 is 0. The van der Waals surface area contributed by atoms with Crippen molar-refractivity contribution in [1.82, 2.24) is 14.8 Å². The van der Waals surface area contributed by atoms with Gasteiger partial charge in [-0.2, -0.15) is 5.10 Å². The Labute approximate surface area is 120 Å². The lowest BCUT2D eigenvalue weighted by molar-refractivity contribution is 0.171. The van der Waals surface area contributed by atoms with Crippen LogP contribution in [0.5, 0.6) is 0 Å². The first-order valence-electron chi connectivity index (χ1n) is 7.44. The summed E-state index contributed by atoms with van der Waals surface area (Å²) in [4.78, 5) is 4.45. The van der Waals surface area contributed by atoms with Gasteiger partial charge in [0.1, 0.15) is 0 Å². The lowest BCUT2D eigenvalue weighted by atomic mass is 9.77. The minimum atomic E-state index is 0.565. The molecule has 2 aromatic heterocycles. The van der Waals surface area contributed by atoms with E-state index in [2.05, 4.69) is 34.0 Å². The van der Waals surface area contributed by atoms with E-state index in [1.54, 1.807) is 0 Å². The molecule has 0 radical (unpaired) electrons. The molecule has 1 fully saturated rings. The van der Waals surface area contributed by atoms with Gasteiger partial charge in [-0.05, 0) is 56.7 Å². The molecule has 2 N–H and O–H groups in total. The number of nitrogens with two attached hydrogens (primary N) is 1. The fraction of sp³-hybridized carbons (Fsp3) is 0.500. The van der Waals surface area contributed by atoms with Crippen molar-refractivity contribution in [3.63, 3.8) is 0 Å². The third kappa shape index (κ3) is 2.61. The molecule has 2 aromatic rings. The molecule has 4 heteroatoms. The molecule has 2 heterocycles. The summed E-state index contributed by atoms with van der Waals surface area (Å²) in [5.74, 6) is 0.841. The van der Waals surface area contributed by atoms with E-state index in [9.17, 15) is 0 Å². The van der Waals surface area contributed by atoms with Crippen LogP contribution in [0.15, 0.2) is 30.7 Å². The monoisotopic (exact) mass is 270 g/mol. The first-order chi connectivity index (χ1) is 9.78. The summed E-state index contributed by atoms with van der Waals surface area (Å²) in [5, 5.41) is 4.52. The summed E-state index contributed by atoms with van der Waals surface area (Å²) in [6, 6.07) is 4.62. The zero-order chi connectivity index (χ0) is 13.9. The number of hydrogen-bond acceptors (Lipinski definition) is 3. The predicted octanol–water partition coefficient (Wildman–Crippen LogP) is 2.94. The number of hydrogen-bond donors (Lipinski definition) is 1. The van der Waals surface area contributed by atoms with E-state index < -0.39 is 0 Å². The molecule has 0 spiro atoms. The van der Waals surface area contributed by atoms with Crippen molar-refractivity contribution >= 4 is 0 Å². The Morgan fingerprint density at radius 3 is 3.00 bits per heavy atom. The van der Waals surface area contributed by atoms with Crippen LogP contribution in [0.2, 0.25) is 0 Å². The Morgan fingerprint density at radius 2 is 2.25 bits per heavy atom. The molecular weight excluding hydrogens is 248 g/mol. The van der Waals surface area contributed by atoms with Gasteiger partial charge in [0.2, 0.25) is 0 Å². The van der Waals surface area contributed by atoms with Crippen LogP contribution in [-0.2, 0) is 0 Å². The summed E-state index contributed by atoms with van der Waals surface area (Å²) in [7, 11) is 0. The second-order valence-electron chi connectivity index (χ2n) is 5.80. The van der Waals surface area contributed by atoms with E-state index in [4.69, 9.17) is 5.73 Å². The van der Waals surface area contributed by atoms with Crippen LogP contribution in [0.4, 0.5) is 0 Å². The zero-order valence-electron chi connectivity index (χ0n) is 12.0. The van der Waals surface area contributed by atoms with Crippen LogP contribution in [0, 0.1) is 12.8 Å². The predicted molar refractivity (Wildman–Crippen MR) is 80.2 cm³/mol. The zero-order valence-corrected chi connectivity index (χ0v) is 12.0. The maximum Gasteiger partial charge on any atom is 0.0762 e. The van der Waals surface area contributed by atoms with Crippen molar-refractivity contribution < 1.29 is 0 Å². The molecular formula is C16H22N4. The van der Waals surface area contributed by atoms with E-state index in [1.165, 1.54) is 24.8 Å². The number of aryl methyl sites for hydroxylation is 1. The van der Waals surface area contributed by atoms with Crippen LogP contribution < -0.4 is 5.73 Å². The molecule has 0 aromatic carbocycles. The maximum absolute atomic E-state index is 5.56. The number of pyridine rings is 1. The fourth-order valence-electron chi connectivity index (χ4n) is 3.01. The average Bonchev–Trinajstić information content (AvgIpc) is 2.87. The topological polar surface area (TPSA) is 56.7 Å². The first kappa shape index (κ1) is 13.3. The molecule has 20 heavy (non-hydrogen) atoms. The lowest BCUT2D eigenvalue weighted by Crippen LogP contribution is -2.27. The van der Waals surface area contributed by atoms with Gasteiger partial charge in [-0.15, -0.1) is 0 Å². The summed E-state index contributed by atoms with van der Waals surface area (Å²) in [5.41, 5.74) is 8.91. The standard InChI is InChI=1S/C16H22N4/c1-12-4-3-7-18-16(12)14-10-19-20(11-14)15-8-13(9-15)5-2-6-17/h3-4,7,10-11,13,15H,2,5-6,8-9,17H2,1H3/t13-,15-. The molecule has 3 rings (SSSR count). The van der Waals surface area contributed by atoms with Gasteiger partial charge in [-0.3, -0.25) is 9.67 Å². The van der Waals surface area contributed by atoms with E-state index in [0.29, 0.717) is 6.04 Å². The quantitative estimate of drug-likeness (QED) is 0.908. The summed E-state index contributed by atoms with van der Waals surface area (Å²) in [6.07, 6.45) is 10.8. The number of aromatic nitrogens is 3. The Bertz CT molecular complexity index is 569. The van der Waals surface area contributed by atoms with Crippen molar-refractivity contribution in [2.45, 2.75) is 38.6 Å². The molecule has 0 aliphatic heterocycles. The maximum atomic E-state index is 5.56. The highest BCUT2D eigenvalue weighted by atomic mass is 15.3. The van der Waals surface area contributed by atoms with E-state index in [1.807, 2.05) is 18.5 Å². The van der Waals surface area contributed by atoms with Crippen molar-refractivity contribution in [2.75, 3.05) is 6.54 Å². The number of rotatable bonds is 5. The molecule has 0 saturated heterocycles. The molecule has 106 valence electrons. The third-order valence-electron chi connectivity index (χ3n) is 4.29. The van der Waals surface area contributed by atoms with Crippen LogP contribution in [-0.4, -0.2) is 21.3 Å². The molecule has 0 bridgehead atoms. The molecule has 4 nitrogen and oxygen atoms in total. The molecule has 1 aliphatic rings. The van der Waals surface area contributed by atoms with Gasteiger partial charge >= 0.3 is 0 Å². The SMILES string of the molecule is Cc1cccnc1-c1cnn([C@H]2C[C@H](CCCN)C2)c1. The molecule has 0 unspecified atom stereocenters. The van der Waals surface area contributed by atoms with Gasteiger partial charge in [-0.1, -0.05) is 6.07 Å². The van der Waals surface area contributed by atoms with Crippen LogP contribution in [0.25, 0.3) is 11.3 Å². The van der Waals surface area contributed by atoms with Crippen molar-refractivity contribution in [3.8, 4) is 11.3 Å². The lowest BCUT2D eigenvalue weighted by Gasteiger charge is -2.35. The van der Waals surface area contributed by atoms with Gasteiger partial charge < -0.3 is 5.73 Å². The van der Waals surface area contributed by atoms with E-state index in [-0.39, 0.29) is 0 Å². The smallest absolute Gasteiger partial charge is 0.0762 e. The Kier molecular flexibility index (Phi) is 3.83. The Hall–Kier alpha value is -1.68. The van der Waals surface area contributed by atoms with Crippen molar-refractivity contribution in [2.24, 2.45) is 11.7 Å². The average molecular weight is 270 g/mol. The number of nitrogens with zero attached hydrogens (tertiary/aromatic N) is 3. The molecule has 1 aliphatic carbocycles. The summed E-state index contributed by atoms with van der Waals surface area (Å²) < 4.78 is 2.11. The van der Waals surface area contributed by atoms with Crippen LogP contribution >= 0.6 is 0 Å².